The molecule has 7 heteroatoms. The summed E-state index contributed by atoms with van der Waals surface area (Å²) in [6.07, 6.45) is 0.787. The van der Waals surface area contributed by atoms with Crippen molar-refractivity contribution in [1.82, 2.24) is 15.2 Å². The molecule has 0 aliphatic heterocycles. The highest BCUT2D eigenvalue weighted by molar-refractivity contribution is 7.09. The van der Waals surface area contributed by atoms with Crippen LogP contribution in [0.2, 0.25) is 0 Å². The number of nitrogens with zero attached hydrogens (tertiary/aromatic N) is 2. The molecule has 2 aromatic rings. The van der Waals surface area contributed by atoms with Crippen LogP contribution in [0.25, 0.3) is 0 Å². The average Bonchev–Trinajstić information content (AvgIpc) is 3.06. The largest absolute Gasteiger partial charge is 0.486 e. The molecular weight excluding hydrogens is 362 g/mol. The lowest BCUT2D eigenvalue weighted by atomic mass is 10.2. The number of rotatable bonds is 10. The second kappa shape index (κ2) is 10.9. The molecule has 0 atom stereocenters. The van der Waals surface area contributed by atoms with Crippen molar-refractivity contribution in [3.63, 3.8) is 0 Å². The molecule has 0 aliphatic carbocycles. The number of aryl methyl sites for hydroxylation is 1. The van der Waals surface area contributed by atoms with E-state index in [0.29, 0.717) is 26.3 Å². The van der Waals surface area contributed by atoms with Crippen LogP contribution in [0.15, 0.2) is 29.6 Å². The summed E-state index contributed by atoms with van der Waals surface area (Å²) in [6.45, 7) is 8.09. The van der Waals surface area contributed by atoms with Crippen LogP contribution in [0, 0.1) is 6.92 Å². The summed E-state index contributed by atoms with van der Waals surface area (Å²) in [5.74, 6) is 0.837. The molecule has 2 amide bonds. The van der Waals surface area contributed by atoms with Gasteiger partial charge < -0.3 is 19.7 Å². The molecule has 0 fully saturated rings. The first-order chi connectivity index (χ1) is 13.0. The fourth-order valence-electron chi connectivity index (χ4n) is 2.52. The quantitative estimate of drug-likeness (QED) is 0.622. The van der Waals surface area contributed by atoms with Crippen molar-refractivity contribution in [2.75, 3.05) is 20.3 Å². The van der Waals surface area contributed by atoms with E-state index in [0.717, 1.165) is 28.4 Å². The van der Waals surface area contributed by atoms with Crippen molar-refractivity contribution in [3.8, 4) is 5.75 Å². The van der Waals surface area contributed by atoms with E-state index in [2.05, 4.69) is 10.3 Å². The van der Waals surface area contributed by atoms with Crippen molar-refractivity contribution in [1.29, 1.82) is 0 Å². The van der Waals surface area contributed by atoms with Gasteiger partial charge in [-0.15, -0.1) is 11.3 Å². The molecular formula is C20H29N3O3S. The van der Waals surface area contributed by atoms with E-state index in [1.165, 1.54) is 0 Å². The first kappa shape index (κ1) is 21.2. The van der Waals surface area contributed by atoms with E-state index in [1.807, 2.05) is 50.4 Å². The molecule has 6 nitrogen and oxygen atoms in total. The summed E-state index contributed by atoms with van der Waals surface area (Å²) in [4.78, 5) is 18.8. The number of ether oxygens (including phenoxy) is 2. The van der Waals surface area contributed by atoms with E-state index in [-0.39, 0.29) is 12.1 Å². The summed E-state index contributed by atoms with van der Waals surface area (Å²) in [6, 6.07) is 7.97. The second-order valence-electron chi connectivity index (χ2n) is 6.71. The number of thiazole rings is 1. The van der Waals surface area contributed by atoms with E-state index < -0.39 is 0 Å². The number of amides is 2. The van der Waals surface area contributed by atoms with Crippen molar-refractivity contribution < 1.29 is 14.3 Å². The van der Waals surface area contributed by atoms with Gasteiger partial charge in [-0.1, -0.05) is 12.1 Å². The van der Waals surface area contributed by atoms with Crippen molar-refractivity contribution in [3.05, 3.63) is 45.9 Å². The van der Waals surface area contributed by atoms with Gasteiger partial charge in [-0.25, -0.2) is 9.78 Å². The number of aromatic nitrogens is 1. The normalized spacial score (nSPS) is 10.9. The van der Waals surface area contributed by atoms with Crippen LogP contribution in [0.3, 0.4) is 0 Å². The molecule has 1 heterocycles. The van der Waals surface area contributed by atoms with E-state index in [4.69, 9.17) is 9.47 Å². The van der Waals surface area contributed by atoms with Gasteiger partial charge in [0.1, 0.15) is 17.4 Å². The molecule has 0 saturated heterocycles. The Hall–Kier alpha value is -2.12. The summed E-state index contributed by atoms with van der Waals surface area (Å²) in [5.41, 5.74) is 2.04. The number of methoxy groups -OCH3 is 1. The molecule has 0 spiro atoms. The highest BCUT2D eigenvalue weighted by atomic mass is 32.1. The maximum atomic E-state index is 12.4. The lowest BCUT2D eigenvalue weighted by Gasteiger charge is -2.23. The minimum Gasteiger partial charge on any atom is -0.486 e. The Balaban J connectivity index is 1.93. The van der Waals surface area contributed by atoms with Crippen LogP contribution < -0.4 is 10.1 Å². The summed E-state index contributed by atoms with van der Waals surface area (Å²) >= 11 is 1.55. The number of carbonyl (C=O) groups is 1. The van der Waals surface area contributed by atoms with Crippen LogP contribution in [0.5, 0.6) is 5.75 Å². The molecule has 0 bridgehead atoms. The smallest absolute Gasteiger partial charge is 0.317 e. The van der Waals surface area contributed by atoms with Gasteiger partial charge in [0.05, 0.1) is 12.2 Å². The van der Waals surface area contributed by atoms with Crippen LogP contribution in [-0.4, -0.2) is 42.2 Å². The van der Waals surface area contributed by atoms with Crippen molar-refractivity contribution in [2.24, 2.45) is 0 Å². The Morgan fingerprint density at radius 1 is 1.37 bits per heavy atom. The zero-order valence-electron chi connectivity index (χ0n) is 16.5. The minimum atomic E-state index is -0.0772. The number of urea groups is 1. The minimum absolute atomic E-state index is 0.0772. The Bertz CT molecular complexity index is 718. The first-order valence-electron chi connectivity index (χ1n) is 9.15. The van der Waals surface area contributed by atoms with Gasteiger partial charge in [0, 0.05) is 31.7 Å². The van der Waals surface area contributed by atoms with Crippen LogP contribution in [0.1, 0.15) is 36.5 Å². The molecule has 0 saturated carbocycles. The van der Waals surface area contributed by atoms with Gasteiger partial charge in [0.25, 0.3) is 0 Å². The molecule has 27 heavy (non-hydrogen) atoms. The van der Waals surface area contributed by atoms with E-state index in [9.17, 15) is 4.79 Å². The van der Waals surface area contributed by atoms with E-state index in [1.54, 1.807) is 23.3 Å². The fourth-order valence-corrected chi connectivity index (χ4v) is 3.22. The molecule has 1 aromatic carbocycles. The molecule has 1 aromatic heterocycles. The first-order valence-corrected chi connectivity index (χ1v) is 10.0. The van der Waals surface area contributed by atoms with Gasteiger partial charge in [0.15, 0.2) is 0 Å². The maximum absolute atomic E-state index is 12.4. The fraction of sp³-hybridized carbons (Fsp3) is 0.500. The van der Waals surface area contributed by atoms with Crippen LogP contribution in [-0.2, 0) is 17.9 Å². The standard InChI is InChI=1S/C20H29N3O3S/c1-15(2)21-20(24)23(9-6-10-25-4)12-17-14-27-19(22-17)13-26-18-8-5-7-16(3)11-18/h5,7-8,11,14-15H,6,9-10,12-13H2,1-4H3,(H,21,24). The molecule has 2 rings (SSSR count). The summed E-state index contributed by atoms with van der Waals surface area (Å²) in [7, 11) is 1.67. The van der Waals surface area contributed by atoms with Gasteiger partial charge in [-0.2, -0.15) is 0 Å². The maximum Gasteiger partial charge on any atom is 0.317 e. The lowest BCUT2D eigenvalue weighted by Crippen LogP contribution is -2.43. The van der Waals surface area contributed by atoms with Crippen molar-refractivity contribution >= 4 is 17.4 Å². The molecule has 148 valence electrons. The second-order valence-corrected chi connectivity index (χ2v) is 7.65. The number of hydrogen-bond donors (Lipinski definition) is 1. The Morgan fingerprint density at radius 3 is 2.89 bits per heavy atom. The van der Waals surface area contributed by atoms with Crippen LogP contribution >= 0.6 is 11.3 Å². The number of hydrogen-bond acceptors (Lipinski definition) is 5. The molecule has 0 unspecified atom stereocenters. The van der Waals surface area contributed by atoms with Crippen molar-refractivity contribution in [2.45, 2.75) is 46.4 Å². The van der Waals surface area contributed by atoms with E-state index >= 15 is 0 Å². The number of benzene rings is 1. The lowest BCUT2D eigenvalue weighted by molar-refractivity contribution is 0.164. The molecule has 0 radical (unpaired) electrons. The predicted octanol–water partition coefficient (Wildman–Crippen LogP) is 3.99. The topological polar surface area (TPSA) is 63.7 Å². The summed E-state index contributed by atoms with van der Waals surface area (Å²) in [5, 5.41) is 5.83. The molecule has 0 aliphatic rings. The summed E-state index contributed by atoms with van der Waals surface area (Å²) < 4.78 is 10.9. The number of carbonyl (C=O) groups excluding carboxylic acids is 1. The predicted molar refractivity (Wildman–Crippen MR) is 108 cm³/mol. The Kier molecular flexibility index (Phi) is 8.54. The monoisotopic (exact) mass is 391 g/mol. The number of nitrogens with one attached hydrogen (secondary N) is 1. The van der Waals surface area contributed by atoms with Gasteiger partial charge in [-0.05, 0) is 44.9 Å². The third kappa shape index (κ3) is 7.56. The highest BCUT2D eigenvalue weighted by Gasteiger charge is 2.16. The SMILES string of the molecule is COCCCN(Cc1csc(COc2cccc(C)c2)n1)C(=O)NC(C)C. The van der Waals surface area contributed by atoms with Crippen LogP contribution in [0.4, 0.5) is 4.79 Å². The molecule has 1 N–H and O–H groups in total. The Labute approximate surface area is 165 Å². The van der Waals surface area contributed by atoms with Gasteiger partial charge in [-0.3, -0.25) is 0 Å². The van der Waals surface area contributed by atoms with Gasteiger partial charge in [0.2, 0.25) is 0 Å². The third-order valence-corrected chi connectivity index (χ3v) is 4.65. The van der Waals surface area contributed by atoms with Gasteiger partial charge >= 0.3 is 6.03 Å². The average molecular weight is 392 g/mol. The zero-order chi connectivity index (χ0) is 19.6. The third-order valence-electron chi connectivity index (χ3n) is 3.78. The zero-order valence-corrected chi connectivity index (χ0v) is 17.3. The Morgan fingerprint density at radius 2 is 2.19 bits per heavy atom. The highest BCUT2D eigenvalue weighted by Crippen LogP contribution is 2.17.